The van der Waals surface area contributed by atoms with Gasteiger partial charge >= 0.3 is 0 Å². The van der Waals surface area contributed by atoms with E-state index in [1.807, 2.05) is 19.1 Å². The maximum Gasteiger partial charge on any atom is 0.246 e. The Labute approximate surface area is 202 Å². The van der Waals surface area contributed by atoms with Crippen LogP contribution in [0.3, 0.4) is 0 Å². The minimum Gasteiger partial charge on any atom is -0.123 e. The van der Waals surface area contributed by atoms with Gasteiger partial charge in [-0.05, 0) is 49.5 Å². The fraction of sp³-hybridized carbons (Fsp3) is 0.323. The molecule has 2 heteroatoms. The third-order valence-electron chi connectivity index (χ3n) is 8.00. The second kappa shape index (κ2) is 7.18. The van der Waals surface area contributed by atoms with Gasteiger partial charge in [-0.3, -0.25) is 0 Å². The summed E-state index contributed by atoms with van der Waals surface area (Å²) in [5, 5.41) is 0. The summed E-state index contributed by atoms with van der Waals surface area (Å²) in [5.74, 6) is 0. The molecule has 2 heterocycles. The summed E-state index contributed by atoms with van der Waals surface area (Å²) in [7, 11) is 2.10. The lowest BCUT2D eigenvalue weighted by molar-refractivity contribution is -0.735. The quantitative estimate of drug-likeness (QED) is 0.294. The van der Waals surface area contributed by atoms with Crippen molar-refractivity contribution in [2.45, 2.75) is 59.2 Å². The predicted octanol–water partition coefficient (Wildman–Crippen LogP) is 7.13. The monoisotopic (exact) mass is 438 g/mol. The van der Waals surface area contributed by atoms with Crippen molar-refractivity contribution in [1.29, 1.82) is 0 Å². The average Bonchev–Trinajstić information content (AvgIpc) is 3.11. The number of para-hydroxylation sites is 1. The summed E-state index contributed by atoms with van der Waals surface area (Å²) in [5.41, 5.74) is 10.2. The van der Waals surface area contributed by atoms with Gasteiger partial charge in [0, 0.05) is 20.5 Å². The molecular formula is C31H35N2+. The van der Waals surface area contributed by atoms with Gasteiger partial charge in [-0.15, -0.1) is 9.36 Å². The number of nitrogens with zero attached hydrogens (tertiary/aromatic N) is 2. The number of benzene rings is 3. The first-order chi connectivity index (χ1) is 16.8. The molecule has 1 aliphatic rings. The zero-order valence-corrected chi connectivity index (χ0v) is 20.7. The second-order valence-corrected chi connectivity index (χ2v) is 10.6. The first-order valence-corrected chi connectivity index (χ1v) is 11.7. The van der Waals surface area contributed by atoms with Crippen LogP contribution in [-0.4, -0.2) is 4.68 Å². The first kappa shape index (κ1) is 18.3. The zero-order valence-electron chi connectivity index (χ0n) is 23.7. The molecule has 0 N–H and O–H groups in total. The third kappa shape index (κ3) is 2.96. The van der Waals surface area contributed by atoms with Crippen LogP contribution < -0.4 is 4.68 Å². The fourth-order valence-electron chi connectivity index (χ4n) is 5.68. The Balaban J connectivity index is 2.00. The van der Waals surface area contributed by atoms with E-state index in [9.17, 15) is 0 Å². The van der Waals surface area contributed by atoms with Crippen LogP contribution in [-0.2, 0) is 17.9 Å². The van der Waals surface area contributed by atoms with Gasteiger partial charge in [0.05, 0.1) is 5.56 Å². The van der Waals surface area contributed by atoms with Gasteiger partial charge in [-0.1, -0.05) is 93.4 Å². The van der Waals surface area contributed by atoms with Gasteiger partial charge in [-0.2, -0.15) is 0 Å². The van der Waals surface area contributed by atoms with E-state index in [0.29, 0.717) is 5.56 Å². The maximum atomic E-state index is 8.09. The summed E-state index contributed by atoms with van der Waals surface area (Å²) in [6.07, 6.45) is 0. The number of hydrogen-bond acceptors (Lipinski definition) is 0. The lowest BCUT2D eigenvalue weighted by Crippen LogP contribution is -2.51. The summed E-state index contributed by atoms with van der Waals surface area (Å²) in [6, 6.07) is 22.9. The number of fused-ring (bicyclic) bond motifs is 3. The Morgan fingerprint density at radius 3 is 2.18 bits per heavy atom. The average molecular weight is 439 g/mol. The molecule has 33 heavy (non-hydrogen) atoms. The molecule has 5 rings (SSSR count). The molecule has 0 saturated heterocycles. The highest BCUT2D eigenvalue weighted by atomic mass is 15.4. The summed E-state index contributed by atoms with van der Waals surface area (Å²) >= 11 is 0. The SMILES string of the molecule is [2H]C([2H])([2H])c1cc(C)cc(-c2c(-c3ccccc3)c3n([n+]2C)-c2c(C)cccc2C(C)(C)C3(C)C)c1. The first-order valence-electron chi connectivity index (χ1n) is 13.2. The van der Waals surface area contributed by atoms with Crippen LogP contribution in [0.1, 0.15) is 59.8 Å². The molecule has 0 aliphatic carbocycles. The van der Waals surface area contributed by atoms with Crippen LogP contribution in [0.4, 0.5) is 0 Å². The van der Waals surface area contributed by atoms with Crippen molar-refractivity contribution in [3.05, 3.63) is 94.7 Å². The molecule has 0 atom stereocenters. The molecule has 2 nitrogen and oxygen atoms in total. The Kier molecular flexibility index (Phi) is 3.99. The standard InChI is InChI=1S/C31H35N2/c1-20-17-21(2)19-24(18-20)28-26(23-14-10-9-11-15-23)29-31(6,7)30(4,5)25-16-12-13-22(3)27(25)33(29)32(28)8/h9-19H,1-8H3/q+1/i1D3. The largest absolute Gasteiger partial charge is 0.246 e. The Morgan fingerprint density at radius 1 is 0.788 bits per heavy atom. The molecule has 1 aromatic heterocycles. The van der Waals surface area contributed by atoms with E-state index in [-0.39, 0.29) is 10.8 Å². The topological polar surface area (TPSA) is 8.81 Å². The van der Waals surface area contributed by atoms with E-state index < -0.39 is 6.85 Å². The van der Waals surface area contributed by atoms with Crippen molar-refractivity contribution in [2.24, 2.45) is 7.05 Å². The number of rotatable bonds is 2. The number of aromatic nitrogens is 2. The van der Waals surface area contributed by atoms with Crippen LogP contribution >= 0.6 is 0 Å². The van der Waals surface area contributed by atoms with Gasteiger partial charge in [0.1, 0.15) is 11.4 Å². The van der Waals surface area contributed by atoms with E-state index in [1.54, 1.807) is 6.07 Å². The summed E-state index contributed by atoms with van der Waals surface area (Å²) in [4.78, 5) is 0. The second-order valence-electron chi connectivity index (χ2n) is 10.6. The van der Waals surface area contributed by atoms with Crippen molar-refractivity contribution >= 4 is 0 Å². The highest BCUT2D eigenvalue weighted by Crippen LogP contribution is 2.54. The van der Waals surface area contributed by atoms with E-state index in [4.69, 9.17) is 4.11 Å². The van der Waals surface area contributed by atoms with Gasteiger partial charge < -0.3 is 0 Å². The molecule has 0 fully saturated rings. The van der Waals surface area contributed by atoms with Gasteiger partial charge in [-0.25, -0.2) is 0 Å². The molecule has 168 valence electrons. The number of hydrogen-bond donors (Lipinski definition) is 0. The normalized spacial score (nSPS) is 17.5. The van der Waals surface area contributed by atoms with Crippen LogP contribution in [0.15, 0.2) is 66.7 Å². The molecular weight excluding hydrogens is 400 g/mol. The molecule has 0 unspecified atom stereocenters. The molecule has 3 aromatic carbocycles. The van der Waals surface area contributed by atoms with Crippen LogP contribution in [0.25, 0.3) is 28.1 Å². The molecule has 0 bridgehead atoms. The fourth-order valence-corrected chi connectivity index (χ4v) is 5.68. The van der Waals surface area contributed by atoms with E-state index in [1.165, 1.54) is 22.5 Å². The van der Waals surface area contributed by atoms with Gasteiger partial charge in [0.25, 0.3) is 0 Å². The van der Waals surface area contributed by atoms with Crippen LogP contribution in [0.2, 0.25) is 0 Å². The lowest BCUT2D eigenvalue weighted by atomic mass is 9.59. The van der Waals surface area contributed by atoms with E-state index >= 15 is 0 Å². The molecule has 0 saturated carbocycles. The van der Waals surface area contributed by atoms with E-state index in [2.05, 4.69) is 99.6 Å². The lowest BCUT2D eigenvalue weighted by Gasteiger charge is -2.46. The van der Waals surface area contributed by atoms with E-state index in [0.717, 1.165) is 27.9 Å². The Bertz CT molecular complexity index is 1490. The van der Waals surface area contributed by atoms with Crippen molar-refractivity contribution < 1.29 is 8.79 Å². The molecule has 0 radical (unpaired) electrons. The predicted molar refractivity (Wildman–Crippen MR) is 138 cm³/mol. The summed E-state index contributed by atoms with van der Waals surface area (Å²) in [6.45, 7) is 11.3. The zero-order chi connectivity index (χ0) is 26.2. The van der Waals surface area contributed by atoms with Crippen molar-refractivity contribution in [2.75, 3.05) is 0 Å². The highest BCUT2D eigenvalue weighted by Gasteiger charge is 2.52. The Morgan fingerprint density at radius 2 is 1.48 bits per heavy atom. The molecule has 0 amide bonds. The smallest absolute Gasteiger partial charge is 0.123 e. The molecule has 1 aliphatic heterocycles. The molecule has 0 spiro atoms. The van der Waals surface area contributed by atoms with Gasteiger partial charge in [0.15, 0.2) is 7.05 Å². The maximum absolute atomic E-state index is 8.09. The number of aryl methyl sites for hydroxylation is 3. The van der Waals surface area contributed by atoms with Gasteiger partial charge in [0.2, 0.25) is 5.69 Å². The minimum atomic E-state index is -2.17. The minimum absolute atomic E-state index is 0.132. The molecule has 4 aromatic rings. The van der Waals surface area contributed by atoms with Crippen molar-refractivity contribution in [3.8, 4) is 28.1 Å². The summed E-state index contributed by atoms with van der Waals surface area (Å²) < 4.78 is 28.9. The van der Waals surface area contributed by atoms with Crippen LogP contribution in [0.5, 0.6) is 0 Å². The van der Waals surface area contributed by atoms with Crippen LogP contribution in [0, 0.1) is 20.7 Å². The highest BCUT2D eigenvalue weighted by molar-refractivity contribution is 5.83. The third-order valence-corrected chi connectivity index (χ3v) is 8.00. The Hall–Kier alpha value is -3.13. The van der Waals surface area contributed by atoms with Crippen molar-refractivity contribution in [1.82, 2.24) is 4.68 Å². The van der Waals surface area contributed by atoms with Crippen molar-refractivity contribution in [3.63, 3.8) is 0 Å².